The number of halogens is 1. The van der Waals surface area contributed by atoms with Crippen LogP contribution in [0.15, 0.2) is 61.2 Å². The highest BCUT2D eigenvalue weighted by molar-refractivity contribution is 5.81. The van der Waals surface area contributed by atoms with Crippen molar-refractivity contribution in [2.24, 2.45) is 7.05 Å². The van der Waals surface area contributed by atoms with Gasteiger partial charge >= 0.3 is 0 Å². The van der Waals surface area contributed by atoms with Crippen LogP contribution in [0.3, 0.4) is 0 Å². The van der Waals surface area contributed by atoms with E-state index in [4.69, 9.17) is 15.5 Å². The first-order valence-corrected chi connectivity index (χ1v) is 11.5. The largest absolute Gasteiger partial charge is 0.494 e. The van der Waals surface area contributed by atoms with E-state index in [1.807, 2.05) is 19.3 Å². The van der Waals surface area contributed by atoms with Crippen LogP contribution in [0.4, 0.5) is 10.2 Å². The predicted octanol–water partition coefficient (Wildman–Crippen LogP) is 4.40. The Labute approximate surface area is 206 Å². The number of hydrogen-bond donors (Lipinski definition) is 1. The third-order valence-corrected chi connectivity index (χ3v) is 6.26. The Balaban J connectivity index is 1.48. The van der Waals surface area contributed by atoms with Gasteiger partial charge in [-0.15, -0.1) is 10.2 Å². The number of hydrogen-bond acceptors (Lipinski definition) is 7. The predicted molar refractivity (Wildman–Crippen MR) is 133 cm³/mol. The Morgan fingerprint density at radius 2 is 1.89 bits per heavy atom. The first kappa shape index (κ1) is 21.9. The van der Waals surface area contributed by atoms with E-state index in [2.05, 4.69) is 26.3 Å². The Morgan fingerprint density at radius 1 is 1.03 bits per heavy atom. The molecule has 0 amide bonds. The minimum absolute atomic E-state index is 0.339. The molecule has 0 saturated heterocycles. The van der Waals surface area contributed by atoms with Crippen molar-refractivity contribution in [3.63, 3.8) is 0 Å². The van der Waals surface area contributed by atoms with Crippen LogP contribution in [-0.4, -0.2) is 41.6 Å². The quantitative estimate of drug-likeness (QED) is 0.382. The highest BCUT2D eigenvalue weighted by Gasteiger charge is 2.27. The van der Waals surface area contributed by atoms with Crippen molar-refractivity contribution in [1.82, 2.24) is 34.5 Å². The van der Waals surface area contributed by atoms with Crippen LogP contribution in [0, 0.1) is 5.82 Å². The first-order valence-electron chi connectivity index (χ1n) is 11.5. The topological polar surface area (TPSA) is 110 Å². The number of ether oxygens (including phenoxy) is 1. The summed E-state index contributed by atoms with van der Waals surface area (Å²) in [5.41, 5.74) is 10.6. The zero-order valence-corrected chi connectivity index (χ0v) is 19.8. The fraction of sp³-hybridized carbons (Fsp3) is 0.192. The number of aryl methyl sites for hydroxylation is 1. The van der Waals surface area contributed by atoms with Gasteiger partial charge in [0.2, 0.25) is 0 Å². The fourth-order valence-corrected chi connectivity index (χ4v) is 4.28. The molecule has 0 bridgehead atoms. The van der Waals surface area contributed by atoms with Crippen molar-refractivity contribution in [3.05, 3.63) is 72.7 Å². The van der Waals surface area contributed by atoms with E-state index >= 15 is 0 Å². The van der Waals surface area contributed by atoms with E-state index in [1.54, 1.807) is 47.1 Å². The lowest BCUT2D eigenvalue weighted by Gasteiger charge is -2.13. The van der Waals surface area contributed by atoms with E-state index in [-0.39, 0.29) is 5.82 Å². The van der Waals surface area contributed by atoms with E-state index in [1.165, 1.54) is 12.1 Å². The highest BCUT2D eigenvalue weighted by atomic mass is 19.1. The summed E-state index contributed by atoms with van der Waals surface area (Å²) in [7, 11) is 3.42. The summed E-state index contributed by atoms with van der Waals surface area (Å²) in [5.74, 6) is 2.28. The van der Waals surface area contributed by atoms with Crippen LogP contribution >= 0.6 is 0 Å². The third-order valence-electron chi connectivity index (χ3n) is 6.26. The molecule has 1 aliphatic carbocycles. The van der Waals surface area contributed by atoms with Gasteiger partial charge in [0.25, 0.3) is 0 Å². The lowest BCUT2D eigenvalue weighted by atomic mass is 9.98. The van der Waals surface area contributed by atoms with Gasteiger partial charge in [0.15, 0.2) is 11.6 Å². The Bertz CT molecular complexity index is 1590. The molecule has 180 valence electrons. The number of benzene rings is 1. The SMILES string of the molecule is COc1ccc(N)nc1-c1cnn(-c2cc(-c3ccc(F)cc3-c3nncn3C)cc(C3CC3)n2)c1. The molecule has 0 radical (unpaired) electrons. The van der Waals surface area contributed by atoms with Crippen LogP contribution in [0.1, 0.15) is 24.5 Å². The van der Waals surface area contributed by atoms with Crippen molar-refractivity contribution < 1.29 is 9.13 Å². The standard InChI is InChI=1S/C26H23FN8O/c1-34-14-29-33-26(34)20-11-18(27)5-6-19(20)16-9-21(15-3-4-15)31-24(10-16)35-13-17(12-30-35)25-22(36-2)7-8-23(28)32-25/h5-15H,3-4H2,1-2H3,(H2,28,32). The van der Waals surface area contributed by atoms with Gasteiger partial charge in [0.05, 0.1) is 13.3 Å². The van der Waals surface area contributed by atoms with Crippen LogP contribution in [-0.2, 0) is 7.05 Å². The number of anilines is 1. The van der Waals surface area contributed by atoms with E-state index in [9.17, 15) is 4.39 Å². The van der Waals surface area contributed by atoms with Crippen LogP contribution in [0.25, 0.3) is 39.6 Å². The molecule has 0 unspecified atom stereocenters. The molecule has 4 aromatic heterocycles. The van der Waals surface area contributed by atoms with Gasteiger partial charge < -0.3 is 15.0 Å². The normalized spacial score (nSPS) is 13.2. The van der Waals surface area contributed by atoms with Gasteiger partial charge in [-0.2, -0.15) is 5.10 Å². The number of aromatic nitrogens is 7. The zero-order valence-electron chi connectivity index (χ0n) is 19.8. The second-order valence-electron chi connectivity index (χ2n) is 8.83. The molecule has 0 atom stereocenters. The molecule has 9 nitrogen and oxygen atoms in total. The van der Waals surface area contributed by atoms with Gasteiger partial charge in [-0.1, -0.05) is 6.07 Å². The van der Waals surface area contributed by atoms with Crippen LogP contribution in [0.5, 0.6) is 5.75 Å². The summed E-state index contributed by atoms with van der Waals surface area (Å²) in [5, 5.41) is 12.7. The molecule has 5 aromatic rings. The summed E-state index contributed by atoms with van der Waals surface area (Å²) < 4.78 is 23.2. The Morgan fingerprint density at radius 3 is 2.64 bits per heavy atom. The summed E-state index contributed by atoms with van der Waals surface area (Å²) in [6.45, 7) is 0. The molecule has 6 rings (SSSR count). The summed E-state index contributed by atoms with van der Waals surface area (Å²) in [6.07, 6.45) is 7.33. The van der Waals surface area contributed by atoms with E-state index < -0.39 is 0 Å². The Hall–Kier alpha value is -4.60. The fourth-order valence-electron chi connectivity index (χ4n) is 4.28. The molecular weight excluding hydrogens is 459 g/mol. The number of nitrogens with two attached hydrogens (primary N) is 1. The van der Waals surface area contributed by atoms with E-state index in [0.29, 0.717) is 40.4 Å². The van der Waals surface area contributed by atoms with Crippen LogP contribution < -0.4 is 10.5 Å². The zero-order chi connectivity index (χ0) is 24.8. The lowest BCUT2D eigenvalue weighted by molar-refractivity contribution is 0.415. The minimum Gasteiger partial charge on any atom is -0.494 e. The number of nitrogens with zero attached hydrogens (tertiary/aromatic N) is 7. The number of rotatable bonds is 6. The van der Waals surface area contributed by atoms with Gasteiger partial charge in [0, 0.05) is 36.0 Å². The minimum atomic E-state index is -0.339. The molecule has 1 fully saturated rings. The number of methoxy groups -OCH3 is 1. The van der Waals surface area contributed by atoms with Crippen molar-refractivity contribution in [1.29, 1.82) is 0 Å². The molecule has 0 aliphatic heterocycles. The second kappa shape index (κ2) is 8.56. The summed E-state index contributed by atoms with van der Waals surface area (Å²) in [6, 6.07) is 12.2. The molecule has 2 N–H and O–H groups in total. The third kappa shape index (κ3) is 3.96. The highest BCUT2D eigenvalue weighted by Crippen LogP contribution is 2.42. The van der Waals surface area contributed by atoms with E-state index in [0.717, 1.165) is 35.2 Å². The second-order valence-corrected chi connectivity index (χ2v) is 8.83. The molecular formula is C26H23FN8O. The molecule has 10 heteroatoms. The van der Waals surface area contributed by atoms with Gasteiger partial charge in [-0.3, -0.25) is 0 Å². The summed E-state index contributed by atoms with van der Waals surface area (Å²) in [4.78, 5) is 9.33. The van der Waals surface area contributed by atoms with Crippen molar-refractivity contribution in [2.45, 2.75) is 18.8 Å². The molecule has 1 aliphatic rings. The molecule has 1 aromatic carbocycles. The smallest absolute Gasteiger partial charge is 0.164 e. The van der Waals surface area contributed by atoms with Crippen molar-refractivity contribution in [2.75, 3.05) is 12.8 Å². The van der Waals surface area contributed by atoms with Gasteiger partial charge in [-0.25, -0.2) is 19.0 Å². The van der Waals surface area contributed by atoms with Crippen molar-refractivity contribution >= 4 is 5.82 Å². The number of pyridine rings is 2. The molecule has 0 spiro atoms. The van der Waals surface area contributed by atoms with Gasteiger partial charge in [0.1, 0.15) is 29.4 Å². The monoisotopic (exact) mass is 482 g/mol. The number of nitrogen functional groups attached to an aromatic ring is 1. The first-order chi connectivity index (χ1) is 17.5. The summed E-state index contributed by atoms with van der Waals surface area (Å²) >= 11 is 0. The maximum absolute atomic E-state index is 14.3. The van der Waals surface area contributed by atoms with Gasteiger partial charge in [-0.05, 0) is 60.4 Å². The Kier molecular flexibility index (Phi) is 5.21. The van der Waals surface area contributed by atoms with Crippen LogP contribution in [0.2, 0.25) is 0 Å². The lowest BCUT2D eigenvalue weighted by Crippen LogP contribution is -2.02. The average Bonchev–Trinajstić information content (AvgIpc) is 3.46. The maximum atomic E-state index is 14.3. The molecule has 1 saturated carbocycles. The van der Waals surface area contributed by atoms with Crippen molar-refractivity contribution in [3.8, 4) is 45.3 Å². The average molecular weight is 483 g/mol. The maximum Gasteiger partial charge on any atom is 0.164 e. The molecule has 4 heterocycles. The molecule has 36 heavy (non-hydrogen) atoms.